The molecule has 6 rings (SSSR count). The van der Waals surface area contributed by atoms with Crippen molar-refractivity contribution >= 4 is 34.2 Å². The van der Waals surface area contributed by atoms with E-state index >= 15 is 0 Å². The Morgan fingerprint density at radius 1 is 0.808 bits per heavy atom. The van der Waals surface area contributed by atoms with Gasteiger partial charge in [0, 0.05) is 27.0 Å². The molecule has 6 heteroatoms. The van der Waals surface area contributed by atoms with Gasteiger partial charge in [-0.05, 0) is 66.8 Å². The van der Waals surface area contributed by atoms with Gasteiger partial charge in [0.15, 0.2) is 23.3 Å². The van der Waals surface area contributed by atoms with E-state index in [4.69, 9.17) is 24.9 Å². The molecule has 0 saturated carbocycles. The number of hydrogen-bond acceptors (Lipinski definition) is 5. The van der Waals surface area contributed by atoms with Crippen LogP contribution in [0.1, 0.15) is 81.3 Å². The van der Waals surface area contributed by atoms with Gasteiger partial charge in [0.2, 0.25) is 0 Å². The molecule has 1 aliphatic carbocycles. The molecule has 0 atom stereocenters. The van der Waals surface area contributed by atoms with Crippen molar-refractivity contribution in [2.24, 2.45) is 9.98 Å². The molecule has 1 aliphatic rings. The van der Waals surface area contributed by atoms with Crippen molar-refractivity contribution in [3.05, 3.63) is 172 Å². The van der Waals surface area contributed by atoms with Gasteiger partial charge in [-0.1, -0.05) is 149 Å². The van der Waals surface area contributed by atoms with Crippen LogP contribution in [0.4, 0.5) is 0 Å². The van der Waals surface area contributed by atoms with Gasteiger partial charge in [0.05, 0.1) is 11.4 Å². The SMILES string of the molecule is C=C(/N=C(\N=C(/C)c1cccs1)C1=CCCC=C1)c1ccc(C(C)(C)c2ccc(-c3nc(/C(C)=C/C=C\CC)nc(-c4ccccc4)n3)cc2)cc1. The number of amidine groups is 1. The van der Waals surface area contributed by atoms with Gasteiger partial charge in [-0.2, -0.15) is 0 Å². The highest BCUT2D eigenvalue weighted by Gasteiger charge is 2.24. The summed E-state index contributed by atoms with van der Waals surface area (Å²) in [6.07, 6.45) is 15.7. The van der Waals surface area contributed by atoms with Crippen molar-refractivity contribution < 1.29 is 0 Å². The Labute approximate surface area is 312 Å². The maximum atomic E-state index is 4.97. The monoisotopic (exact) mass is 699 g/mol. The summed E-state index contributed by atoms with van der Waals surface area (Å²) in [5, 5.41) is 2.07. The van der Waals surface area contributed by atoms with E-state index in [1.807, 2.05) is 50.2 Å². The van der Waals surface area contributed by atoms with E-state index in [1.165, 1.54) is 11.1 Å². The first-order valence-corrected chi connectivity index (χ1v) is 18.7. The van der Waals surface area contributed by atoms with Crippen LogP contribution in [-0.2, 0) is 5.41 Å². The van der Waals surface area contributed by atoms with Crippen LogP contribution < -0.4 is 0 Å². The minimum absolute atomic E-state index is 0.253. The number of nitrogens with zero attached hydrogens (tertiary/aromatic N) is 5. The minimum atomic E-state index is -0.253. The quantitative estimate of drug-likeness (QED) is 0.0783. The predicted octanol–water partition coefficient (Wildman–Crippen LogP) is 12.1. The molecule has 2 heterocycles. The average Bonchev–Trinajstić information content (AvgIpc) is 3.74. The summed E-state index contributed by atoms with van der Waals surface area (Å²) in [5.74, 6) is 2.67. The highest BCUT2D eigenvalue weighted by atomic mass is 32.1. The van der Waals surface area contributed by atoms with Crippen LogP contribution in [0.15, 0.2) is 155 Å². The normalized spacial score (nSPS) is 14.2. The molecule has 0 saturated heterocycles. The topological polar surface area (TPSA) is 63.4 Å². The molecular weight excluding hydrogens is 655 g/mol. The Morgan fingerprint density at radius 3 is 2.10 bits per heavy atom. The van der Waals surface area contributed by atoms with E-state index in [9.17, 15) is 0 Å². The first-order valence-electron chi connectivity index (χ1n) is 17.8. The molecule has 260 valence electrons. The lowest BCUT2D eigenvalue weighted by Crippen LogP contribution is -2.18. The second kappa shape index (κ2) is 16.6. The second-order valence-corrected chi connectivity index (χ2v) is 14.3. The summed E-state index contributed by atoms with van der Waals surface area (Å²) < 4.78 is 0. The highest BCUT2D eigenvalue weighted by Crippen LogP contribution is 2.34. The summed E-state index contributed by atoms with van der Waals surface area (Å²) in [6.45, 7) is 15.0. The lowest BCUT2D eigenvalue weighted by molar-refractivity contribution is 0.641. The molecule has 0 N–H and O–H groups in total. The van der Waals surface area contributed by atoms with E-state index in [0.29, 0.717) is 29.0 Å². The molecule has 0 amide bonds. The van der Waals surface area contributed by atoms with E-state index in [0.717, 1.165) is 57.7 Å². The summed E-state index contributed by atoms with van der Waals surface area (Å²) in [5.41, 5.74) is 8.65. The number of hydrogen-bond donors (Lipinski definition) is 0. The van der Waals surface area contributed by atoms with E-state index in [2.05, 4.69) is 124 Å². The van der Waals surface area contributed by atoms with Crippen molar-refractivity contribution in [1.29, 1.82) is 0 Å². The number of aliphatic imine (C=N–C) groups is 2. The molecule has 0 spiro atoms. The third kappa shape index (κ3) is 8.64. The lowest BCUT2D eigenvalue weighted by Gasteiger charge is -2.26. The van der Waals surface area contributed by atoms with Crippen LogP contribution in [0.3, 0.4) is 0 Å². The van der Waals surface area contributed by atoms with Gasteiger partial charge >= 0.3 is 0 Å². The smallest absolute Gasteiger partial charge is 0.164 e. The molecule has 0 unspecified atom stereocenters. The fourth-order valence-electron chi connectivity index (χ4n) is 5.93. The molecule has 0 radical (unpaired) electrons. The van der Waals surface area contributed by atoms with Crippen molar-refractivity contribution in [2.75, 3.05) is 0 Å². The molecule has 0 fully saturated rings. The standard InChI is InChI=1S/C46H45N5S/c1-7-8-11-17-32(2)42-49-44(37-20-14-10-15-21-37)51-45(50-42)38-25-29-40(30-26-38)46(5,6)39-27-23-35(24-28-39)33(3)47-43(36-18-12-9-13-19-36)48-34(4)41-22-16-31-52-41/h8,10-12,14-31H,3,7,9,13H2,1-2,4-6H3/b11-8-,32-17+,47-43-,48-34+. The second-order valence-electron chi connectivity index (χ2n) is 13.3. The molecule has 2 aromatic heterocycles. The third-order valence-corrected chi connectivity index (χ3v) is 10.2. The number of allylic oxidation sites excluding steroid dienone is 6. The average molecular weight is 700 g/mol. The van der Waals surface area contributed by atoms with E-state index in [1.54, 1.807) is 11.3 Å². The number of thiophene rings is 1. The van der Waals surface area contributed by atoms with Crippen LogP contribution in [0.2, 0.25) is 0 Å². The van der Waals surface area contributed by atoms with Crippen molar-refractivity contribution in [1.82, 2.24) is 15.0 Å². The van der Waals surface area contributed by atoms with Gasteiger partial charge in [0.25, 0.3) is 0 Å². The van der Waals surface area contributed by atoms with Crippen molar-refractivity contribution in [3.8, 4) is 22.8 Å². The van der Waals surface area contributed by atoms with Gasteiger partial charge < -0.3 is 0 Å². The van der Waals surface area contributed by atoms with Gasteiger partial charge in [-0.3, -0.25) is 0 Å². The largest absolute Gasteiger partial charge is 0.232 e. The highest BCUT2D eigenvalue weighted by molar-refractivity contribution is 7.12. The third-order valence-electron chi connectivity index (χ3n) is 9.19. The Balaban J connectivity index is 1.25. The molecule has 52 heavy (non-hydrogen) atoms. The fourth-order valence-corrected chi connectivity index (χ4v) is 6.60. The maximum Gasteiger partial charge on any atom is 0.164 e. The molecular formula is C46H45N5S. The molecule has 0 bridgehead atoms. The van der Waals surface area contributed by atoms with Crippen LogP contribution in [-0.4, -0.2) is 26.5 Å². The number of benzene rings is 3. The zero-order valence-electron chi connectivity index (χ0n) is 30.7. The van der Waals surface area contributed by atoms with E-state index < -0.39 is 0 Å². The van der Waals surface area contributed by atoms with Crippen molar-refractivity contribution in [2.45, 2.75) is 59.3 Å². The van der Waals surface area contributed by atoms with E-state index in [-0.39, 0.29) is 5.41 Å². The molecule has 5 aromatic rings. The fraction of sp³-hybridized carbons (Fsp3) is 0.196. The number of rotatable bonds is 11. The van der Waals surface area contributed by atoms with Gasteiger partial charge in [0.1, 0.15) is 0 Å². The van der Waals surface area contributed by atoms with Crippen LogP contribution in [0, 0.1) is 0 Å². The minimum Gasteiger partial charge on any atom is -0.232 e. The first kappa shape index (κ1) is 36.2. The zero-order chi connectivity index (χ0) is 36.5. The zero-order valence-corrected chi connectivity index (χ0v) is 31.5. The summed E-state index contributed by atoms with van der Waals surface area (Å²) in [6, 6.07) is 31.4. The Bertz CT molecular complexity index is 2200. The first-order chi connectivity index (χ1) is 25.2. The Hall–Kier alpha value is -5.59. The van der Waals surface area contributed by atoms with Crippen LogP contribution >= 0.6 is 11.3 Å². The van der Waals surface area contributed by atoms with Crippen LogP contribution in [0.25, 0.3) is 34.0 Å². The summed E-state index contributed by atoms with van der Waals surface area (Å²) >= 11 is 1.68. The predicted molar refractivity (Wildman–Crippen MR) is 222 cm³/mol. The van der Waals surface area contributed by atoms with Crippen LogP contribution in [0.5, 0.6) is 0 Å². The molecule has 3 aromatic carbocycles. The summed E-state index contributed by atoms with van der Waals surface area (Å²) in [7, 11) is 0. The lowest BCUT2D eigenvalue weighted by atomic mass is 9.77. The Kier molecular flexibility index (Phi) is 11.6. The number of aromatic nitrogens is 3. The van der Waals surface area contributed by atoms with Gasteiger partial charge in [-0.15, -0.1) is 11.3 Å². The maximum absolute atomic E-state index is 4.97. The molecule has 5 nitrogen and oxygen atoms in total. The van der Waals surface area contributed by atoms with Crippen molar-refractivity contribution in [3.63, 3.8) is 0 Å². The Morgan fingerprint density at radius 2 is 1.48 bits per heavy atom. The van der Waals surface area contributed by atoms with Gasteiger partial charge in [-0.25, -0.2) is 24.9 Å². The summed E-state index contributed by atoms with van der Waals surface area (Å²) in [4.78, 5) is 25.7. The molecule has 0 aliphatic heterocycles.